The molecule has 5 heterocycles. The number of rotatable bonds is 6. The SMILES string of the molecule is CCC1=C(CC)c2cc3[nH]c(cc4cc(cc5[nH]c(cc1n2)c(C)c5CC)C1=CC=C(c2ccccc2)C(N2CCCC2)C=C14)c(CC)c3C. The van der Waals surface area contributed by atoms with Gasteiger partial charge in [-0.3, -0.25) is 4.90 Å². The fraction of sp³-hybridized carbons (Fsp3) is 0.326. The smallest absolute Gasteiger partial charge is 0.0693 e. The number of aromatic amines is 2. The summed E-state index contributed by atoms with van der Waals surface area (Å²) in [5.74, 6) is 0. The topological polar surface area (TPSA) is 47.7 Å². The molecule has 0 saturated carbocycles. The second-order valence-corrected chi connectivity index (χ2v) is 14.3. The van der Waals surface area contributed by atoms with E-state index in [1.807, 2.05) is 0 Å². The van der Waals surface area contributed by atoms with Gasteiger partial charge in [0.2, 0.25) is 0 Å². The first-order valence-corrected chi connectivity index (χ1v) is 18.9. The zero-order valence-corrected chi connectivity index (χ0v) is 30.6. The summed E-state index contributed by atoms with van der Waals surface area (Å²) in [6.45, 7) is 15.9. The van der Waals surface area contributed by atoms with E-state index in [-0.39, 0.29) is 6.04 Å². The molecule has 1 unspecified atom stereocenters. The Morgan fingerprint density at radius 2 is 1.18 bits per heavy atom. The zero-order chi connectivity index (χ0) is 34.5. The lowest BCUT2D eigenvalue weighted by Crippen LogP contribution is -2.32. The van der Waals surface area contributed by atoms with E-state index >= 15 is 0 Å². The number of aromatic nitrogens is 3. The van der Waals surface area contributed by atoms with Crippen LogP contribution in [0.15, 0.2) is 78.9 Å². The number of likely N-dealkylation sites (tertiary alicyclic amines) is 1. The lowest BCUT2D eigenvalue weighted by Gasteiger charge is -2.28. The van der Waals surface area contributed by atoms with Crippen molar-refractivity contribution in [3.05, 3.63) is 129 Å². The Morgan fingerprint density at radius 3 is 1.72 bits per heavy atom. The zero-order valence-electron chi connectivity index (χ0n) is 30.6. The molecule has 0 spiro atoms. The largest absolute Gasteiger partial charge is 0.355 e. The van der Waals surface area contributed by atoms with Gasteiger partial charge in [0, 0.05) is 22.1 Å². The van der Waals surface area contributed by atoms with Gasteiger partial charge in [0.15, 0.2) is 0 Å². The number of nitrogens with zero attached hydrogens (tertiary/aromatic N) is 2. The molecule has 1 fully saturated rings. The van der Waals surface area contributed by atoms with Crippen molar-refractivity contribution >= 4 is 49.9 Å². The molecule has 2 aliphatic heterocycles. The average Bonchev–Trinajstić information content (AvgIpc) is 3.92. The second kappa shape index (κ2) is 13.2. The molecule has 4 heteroatoms. The maximum atomic E-state index is 5.31. The van der Waals surface area contributed by atoms with Crippen LogP contribution in [0.2, 0.25) is 0 Å². The van der Waals surface area contributed by atoms with Crippen molar-refractivity contribution in [2.45, 2.75) is 86.1 Å². The summed E-state index contributed by atoms with van der Waals surface area (Å²) >= 11 is 0. The third-order valence-corrected chi connectivity index (χ3v) is 11.6. The Labute approximate surface area is 297 Å². The van der Waals surface area contributed by atoms with Gasteiger partial charge in [0.05, 0.1) is 17.4 Å². The lowest BCUT2D eigenvalue weighted by molar-refractivity contribution is 0.330. The third-order valence-electron chi connectivity index (χ3n) is 11.6. The summed E-state index contributed by atoms with van der Waals surface area (Å²) in [4.78, 5) is 15.8. The molecule has 8 bridgehead atoms. The number of hydrogen-bond donors (Lipinski definition) is 2. The predicted molar refractivity (Wildman–Crippen MR) is 214 cm³/mol. The summed E-state index contributed by atoms with van der Waals surface area (Å²) in [5.41, 5.74) is 22.8. The molecule has 1 saturated heterocycles. The molecule has 4 nitrogen and oxygen atoms in total. The van der Waals surface area contributed by atoms with Gasteiger partial charge in [-0.2, -0.15) is 0 Å². The molecule has 2 N–H and O–H groups in total. The number of H-pyrrole nitrogens is 2. The molecule has 0 amide bonds. The van der Waals surface area contributed by atoms with Crippen molar-refractivity contribution in [1.82, 2.24) is 19.9 Å². The van der Waals surface area contributed by atoms with E-state index < -0.39 is 0 Å². The highest BCUT2D eigenvalue weighted by molar-refractivity contribution is 6.12. The number of allylic oxidation sites excluding steroid dienone is 6. The highest BCUT2D eigenvalue weighted by Gasteiger charge is 2.29. The van der Waals surface area contributed by atoms with E-state index in [0.29, 0.717) is 0 Å². The Bertz CT molecular complexity index is 2280. The molecular weight excluding hydrogens is 609 g/mol. The third kappa shape index (κ3) is 5.45. The molecular formula is C46H50N4. The fourth-order valence-corrected chi connectivity index (χ4v) is 8.97. The quantitative estimate of drug-likeness (QED) is 0.217. The van der Waals surface area contributed by atoms with Gasteiger partial charge in [-0.05, 0) is 163 Å². The van der Waals surface area contributed by atoms with Crippen LogP contribution >= 0.6 is 0 Å². The summed E-state index contributed by atoms with van der Waals surface area (Å²) in [5, 5.41) is 0. The lowest BCUT2D eigenvalue weighted by atomic mass is 9.95. The minimum atomic E-state index is 0.214. The van der Waals surface area contributed by atoms with Crippen molar-refractivity contribution in [2.75, 3.05) is 13.1 Å². The van der Waals surface area contributed by atoms with Crippen LogP contribution in [0.25, 0.3) is 49.9 Å². The van der Waals surface area contributed by atoms with E-state index in [0.717, 1.165) is 61.2 Å². The first kappa shape index (κ1) is 32.5. The summed E-state index contributed by atoms with van der Waals surface area (Å²) in [6, 6.07) is 23.1. The monoisotopic (exact) mass is 658 g/mol. The highest BCUT2D eigenvalue weighted by atomic mass is 15.2. The van der Waals surface area contributed by atoms with E-state index in [4.69, 9.17) is 4.98 Å². The van der Waals surface area contributed by atoms with Crippen molar-refractivity contribution in [3.8, 4) is 0 Å². The Kier molecular flexibility index (Phi) is 8.60. The first-order valence-electron chi connectivity index (χ1n) is 18.9. The van der Waals surface area contributed by atoms with Gasteiger partial charge < -0.3 is 9.97 Å². The molecule has 4 aromatic rings. The van der Waals surface area contributed by atoms with E-state index in [9.17, 15) is 0 Å². The molecule has 1 aromatic carbocycles. The summed E-state index contributed by atoms with van der Waals surface area (Å²) in [6.07, 6.45) is 13.7. The van der Waals surface area contributed by atoms with Gasteiger partial charge in [0.1, 0.15) is 0 Å². The van der Waals surface area contributed by atoms with Gasteiger partial charge in [-0.15, -0.1) is 0 Å². The normalized spacial score (nSPS) is 17.8. The van der Waals surface area contributed by atoms with Crippen molar-refractivity contribution in [1.29, 1.82) is 0 Å². The van der Waals surface area contributed by atoms with Crippen LogP contribution in [-0.4, -0.2) is 39.0 Å². The average molecular weight is 659 g/mol. The highest BCUT2D eigenvalue weighted by Crippen LogP contribution is 2.44. The molecule has 50 heavy (non-hydrogen) atoms. The minimum Gasteiger partial charge on any atom is -0.355 e. The molecule has 1 atom stereocenters. The molecule has 254 valence electrons. The van der Waals surface area contributed by atoms with Crippen molar-refractivity contribution < 1.29 is 0 Å². The number of benzene rings is 1. The molecule has 8 rings (SSSR count). The second-order valence-electron chi connectivity index (χ2n) is 14.3. The molecule has 4 aliphatic rings. The van der Waals surface area contributed by atoms with Crippen LogP contribution in [0.4, 0.5) is 0 Å². The fourth-order valence-electron chi connectivity index (χ4n) is 8.97. The number of nitrogens with one attached hydrogen (secondary N) is 2. The van der Waals surface area contributed by atoms with E-state index in [2.05, 4.69) is 135 Å². The van der Waals surface area contributed by atoms with Crippen LogP contribution in [0.3, 0.4) is 0 Å². The van der Waals surface area contributed by atoms with E-state index in [1.165, 1.54) is 90.7 Å². The molecule has 2 aliphatic carbocycles. The van der Waals surface area contributed by atoms with Crippen LogP contribution in [-0.2, 0) is 12.8 Å². The van der Waals surface area contributed by atoms with E-state index in [1.54, 1.807) is 0 Å². The van der Waals surface area contributed by atoms with Gasteiger partial charge in [-0.1, -0.05) is 76.3 Å². The molecule has 0 radical (unpaired) electrons. The van der Waals surface area contributed by atoms with Gasteiger partial charge >= 0.3 is 0 Å². The number of hydrogen-bond acceptors (Lipinski definition) is 2. The molecule has 3 aromatic heterocycles. The van der Waals surface area contributed by atoms with Crippen molar-refractivity contribution in [2.24, 2.45) is 0 Å². The predicted octanol–water partition coefficient (Wildman–Crippen LogP) is 11.4. The number of fused-ring (bicyclic) bond motifs is 11. The first-order chi connectivity index (χ1) is 24.4. The van der Waals surface area contributed by atoms with Crippen LogP contribution in [0.1, 0.15) is 104 Å². The Hall–Kier alpha value is -4.67. The van der Waals surface area contributed by atoms with Crippen LogP contribution < -0.4 is 0 Å². The van der Waals surface area contributed by atoms with Crippen molar-refractivity contribution in [3.63, 3.8) is 0 Å². The maximum Gasteiger partial charge on any atom is 0.0693 e. The standard InChI is InChI=1S/C46H50N4/c1-7-33-28(5)40-26-44-35(9-3)36(10-4)45(49-44)27-41-29(6)34(8-2)43(48-41)24-32-22-31(23-42(33)47-40)37-18-19-38(30-16-12-11-13-17-30)46(25-39(32)37)50-20-14-15-21-50/h11-13,16-19,22-27,46-48H,7-10,14-15,20-21H2,1-6H3. The van der Waals surface area contributed by atoms with Gasteiger partial charge in [-0.25, -0.2) is 4.98 Å². The Balaban J connectivity index is 1.47. The maximum absolute atomic E-state index is 5.31. The van der Waals surface area contributed by atoms with Gasteiger partial charge in [0.25, 0.3) is 0 Å². The van der Waals surface area contributed by atoms with Crippen LogP contribution in [0, 0.1) is 13.8 Å². The summed E-state index contributed by atoms with van der Waals surface area (Å²) < 4.78 is 0. The van der Waals surface area contributed by atoms with Crippen LogP contribution in [0.5, 0.6) is 0 Å². The Morgan fingerprint density at radius 1 is 0.620 bits per heavy atom. The minimum absolute atomic E-state index is 0.214. The summed E-state index contributed by atoms with van der Waals surface area (Å²) in [7, 11) is 0. The number of aryl methyl sites for hydroxylation is 4.